The Kier molecular flexibility index (Phi) is 4.53. The van der Waals surface area contributed by atoms with Crippen LogP contribution < -0.4 is 5.32 Å². The highest BCUT2D eigenvalue weighted by Crippen LogP contribution is 2.08. The van der Waals surface area contributed by atoms with E-state index in [-0.39, 0.29) is 23.1 Å². The number of sulfone groups is 1. The molecule has 0 aromatic heterocycles. The van der Waals surface area contributed by atoms with Crippen LogP contribution >= 0.6 is 0 Å². The van der Waals surface area contributed by atoms with Gasteiger partial charge in [0.1, 0.15) is 0 Å². The summed E-state index contributed by atoms with van der Waals surface area (Å²) in [7, 11) is -3.41. The minimum Gasteiger partial charge on any atom is -0.351 e. The van der Waals surface area contributed by atoms with E-state index in [2.05, 4.69) is 11.4 Å². The van der Waals surface area contributed by atoms with Gasteiger partial charge in [-0.1, -0.05) is 36.4 Å². The normalized spacial score (nSPS) is 11.0. The molecule has 0 unspecified atom stereocenters. The van der Waals surface area contributed by atoms with Gasteiger partial charge in [0, 0.05) is 18.2 Å². The standard InChI is InChI=1S/C15H14NO3S/c17-15(13-7-3-1-4-8-13)16-11-12-20(18,19)14-9-5-2-6-10-14/h1-9H,11-12H2,(H,16,17). The van der Waals surface area contributed by atoms with Crippen molar-refractivity contribution in [2.24, 2.45) is 0 Å². The number of hydrogen-bond acceptors (Lipinski definition) is 3. The summed E-state index contributed by atoms with van der Waals surface area (Å²) in [6.45, 7) is 0.0682. The maximum atomic E-state index is 12.0. The molecule has 0 fully saturated rings. The van der Waals surface area contributed by atoms with Crippen molar-refractivity contribution in [1.82, 2.24) is 5.32 Å². The fourth-order valence-corrected chi connectivity index (χ4v) is 2.79. The maximum absolute atomic E-state index is 12.0. The summed E-state index contributed by atoms with van der Waals surface area (Å²) >= 11 is 0. The van der Waals surface area contributed by atoms with Gasteiger partial charge < -0.3 is 5.32 Å². The molecule has 0 saturated heterocycles. The molecule has 20 heavy (non-hydrogen) atoms. The first-order valence-corrected chi connectivity index (χ1v) is 7.77. The summed E-state index contributed by atoms with van der Waals surface area (Å²) in [5.41, 5.74) is 0.510. The molecule has 1 radical (unpaired) electrons. The van der Waals surface area contributed by atoms with Crippen molar-refractivity contribution in [2.45, 2.75) is 4.90 Å². The number of benzene rings is 2. The first-order chi connectivity index (χ1) is 9.59. The van der Waals surface area contributed by atoms with Crippen LogP contribution in [0.5, 0.6) is 0 Å². The van der Waals surface area contributed by atoms with Gasteiger partial charge in [-0.05, 0) is 18.2 Å². The van der Waals surface area contributed by atoms with Gasteiger partial charge >= 0.3 is 0 Å². The van der Waals surface area contributed by atoms with Crippen LogP contribution in [0.3, 0.4) is 0 Å². The lowest BCUT2D eigenvalue weighted by atomic mass is 10.2. The van der Waals surface area contributed by atoms with E-state index in [0.29, 0.717) is 5.56 Å². The maximum Gasteiger partial charge on any atom is 0.251 e. The first kappa shape index (κ1) is 14.3. The number of rotatable bonds is 5. The van der Waals surface area contributed by atoms with Crippen molar-refractivity contribution >= 4 is 15.7 Å². The molecular weight excluding hydrogens is 274 g/mol. The number of hydrogen-bond donors (Lipinski definition) is 1. The molecule has 0 aliphatic rings. The minimum atomic E-state index is -3.41. The molecule has 1 N–H and O–H groups in total. The molecule has 2 aromatic carbocycles. The van der Waals surface area contributed by atoms with Crippen molar-refractivity contribution in [3.05, 3.63) is 66.2 Å². The lowest BCUT2D eigenvalue weighted by molar-refractivity contribution is 0.0956. The van der Waals surface area contributed by atoms with Gasteiger partial charge in [0.05, 0.1) is 10.6 Å². The quantitative estimate of drug-likeness (QED) is 0.910. The molecule has 0 atom stereocenters. The number of nitrogens with one attached hydrogen (secondary N) is 1. The molecule has 0 aliphatic carbocycles. The molecule has 0 aliphatic heterocycles. The zero-order valence-corrected chi connectivity index (χ0v) is 11.6. The van der Waals surface area contributed by atoms with Crippen molar-refractivity contribution in [3.8, 4) is 0 Å². The highest BCUT2D eigenvalue weighted by atomic mass is 32.2. The van der Waals surface area contributed by atoms with E-state index in [4.69, 9.17) is 0 Å². The minimum absolute atomic E-state index is 0.0682. The van der Waals surface area contributed by atoms with Gasteiger partial charge in [0.2, 0.25) is 0 Å². The molecule has 0 heterocycles. The molecule has 1 amide bonds. The second kappa shape index (κ2) is 6.34. The Morgan fingerprint density at radius 2 is 1.75 bits per heavy atom. The van der Waals surface area contributed by atoms with Gasteiger partial charge in [-0.25, -0.2) is 8.42 Å². The van der Waals surface area contributed by atoms with Crippen LogP contribution in [0.25, 0.3) is 0 Å². The molecule has 0 spiro atoms. The molecule has 2 rings (SSSR count). The van der Waals surface area contributed by atoms with Gasteiger partial charge in [-0.2, -0.15) is 0 Å². The summed E-state index contributed by atoms with van der Waals surface area (Å²) in [6.07, 6.45) is 0. The second-order valence-corrected chi connectivity index (χ2v) is 6.25. The Morgan fingerprint density at radius 1 is 1.05 bits per heavy atom. The number of amides is 1. The lowest BCUT2D eigenvalue weighted by Gasteiger charge is -2.06. The lowest BCUT2D eigenvalue weighted by Crippen LogP contribution is -2.29. The zero-order valence-electron chi connectivity index (χ0n) is 10.7. The van der Waals surface area contributed by atoms with Crippen LogP contribution in [-0.4, -0.2) is 26.6 Å². The van der Waals surface area contributed by atoms with Gasteiger partial charge in [-0.15, -0.1) is 0 Å². The Bertz CT molecular complexity index is 667. The van der Waals surface area contributed by atoms with Gasteiger partial charge in [0.15, 0.2) is 9.84 Å². The Balaban J connectivity index is 1.92. The fourth-order valence-electron chi connectivity index (χ4n) is 1.67. The average molecular weight is 288 g/mol. The summed E-state index contributed by atoms with van der Waals surface area (Å²) < 4.78 is 23.9. The monoisotopic (exact) mass is 288 g/mol. The van der Waals surface area contributed by atoms with Gasteiger partial charge in [0.25, 0.3) is 5.91 Å². The van der Waals surface area contributed by atoms with Crippen LogP contribution in [0.4, 0.5) is 0 Å². The summed E-state index contributed by atoms with van der Waals surface area (Å²) in [5.74, 6) is -0.427. The van der Waals surface area contributed by atoms with Crippen LogP contribution in [-0.2, 0) is 9.84 Å². The van der Waals surface area contributed by atoms with E-state index in [1.54, 1.807) is 42.5 Å². The van der Waals surface area contributed by atoms with Crippen molar-refractivity contribution in [3.63, 3.8) is 0 Å². The third-order valence-electron chi connectivity index (χ3n) is 2.71. The van der Waals surface area contributed by atoms with E-state index in [9.17, 15) is 13.2 Å². The Labute approximate surface area is 118 Å². The summed E-state index contributed by atoms with van der Waals surface area (Å²) in [6, 6.07) is 17.7. The average Bonchev–Trinajstić information content (AvgIpc) is 2.49. The van der Waals surface area contributed by atoms with Crippen LogP contribution in [0.2, 0.25) is 0 Å². The highest BCUT2D eigenvalue weighted by Gasteiger charge is 2.14. The Morgan fingerprint density at radius 3 is 2.40 bits per heavy atom. The van der Waals surface area contributed by atoms with E-state index < -0.39 is 9.84 Å². The molecule has 103 valence electrons. The third-order valence-corrected chi connectivity index (χ3v) is 4.37. The van der Waals surface area contributed by atoms with Crippen molar-refractivity contribution in [2.75, 3.05) is 12.3 Å². The first-order valence-electron chi connectivity index (χ1n) is 6.12. The van der Waals surface area contributed by atoms with Crippen LogP contribution in [0.15, 0.2) is 59.5 Å². The molecule has 0 bridgehead atoms. The molecular formula is C15H14NO3S. The van der Waals surface area contributed by atoms with Crippen LogP contribution in [0, 0.1) is 6.07 Å². The second-order valence-electron chi connectivity index (χ2n) is 4.17. The topological polar surface area (TPSA) is 63.2 Å². The summed E-state index contributed by atoms with van der Waals surface area (Å²) in [5, 5.41) is 2.59. The van der Waals surface area contributed by atoms with Crippen molar-refractivity contribution < 1.29 is 13.2 Å². The third kappa shape index (κ3) is 3.68. The predicted molar refractivity (Wildman–Crippen MR) is 76.1 cm³/mol. The largest absolute Gasteiger partial charge is 0.351 e. The van der Waals surface area contributed by atoms with E-state index in [1.807, 2.05) is 6.07 Å². The van der Waals surface area contributed by atoms with E-state index in [1.165, 1.54) is 6.07 Å². The smallest absolute Gasteiger partial charge is 0.251 e. The molecule has 2 aromatic rings. The van der Waals surface area contributed by atoms with E-state index in [0.717, 1.165) is 0 Å². The number of carbonyl (C=O) groups excluding carboxylic acids is 1. The van der Waals surface area contributed by atoms with E-state index >= 15 is 0 Å². The molecule has 4 nitrogen and oxygen atoms in total. The predicted octanol–water partition coefficient (Wildman–Crippen LogP) is 1.69. The zero-order chi connectivity index (χ0) is 14.4. The van der Waals surface area contributed by atoms with Gasteiger partial charge in [-0.3, -0.25) is 4.79 Å². The SMILES string of the molecule is O=C(NCCS(=O)(=O)c1[c]cccc1)c1ccccc1. The summed E-state index contributed by atoms with van der Waals surface area (Å²) in [4.78, 5) is 11.9. The fraction of sp³-hybridized carbons (Fsp3) is 0.133. The van der Waals surface area contributed by atoms with Crippen molar-refractivity contribution in [1.29, 1.82) is 0 Å². The number of carbonyl (C=O) groups is 1. The molecule has 5 heteroatoms. The highest BCUT2D eigenvalue weighted by molar-refractivity contribution is 7.91. The molecule has 0 saturated carbocycles. The van der Waals surface area contributed by atoms with Crippen LogP contribution in [0.1, 0.15) is 10.4 Å². The Hall–Kier alpha value is -2.14.